The fourth-order valence-corrected chi connectivity index (χ4v) is 3.78. The molecule has 0 bridgehead atoms. The Kier molecular flexibility index (Phi) is 5.30. The van der Waals surface area contributed by atoms with E-state index in [0.29, 0.717) is 17.6 Å². The fraction of sp³-hybridized carbons (Fsp3) is 0.368. The van der Waals surface area contributed by atoms with Crippen LogP contribution in [-0.4, -0.2) is 40.9 Å². The number of fused-ring (bicyclic) bond motifs is 1. The molecule has 1 saturated heterocycles. The van der Waals surface area contributed by atoms with Crippen molar-refractivity contribution in [2.75, 3.05) is 20.3 Å². The Labute approximate surface area is 151 Å². The largest absolute Gasteiger partial charge is 0.383 e. The number of methoxy groups -OCH3 is 1. The number of para-hydroxylation sites is 1. The van der Waals surface area contributed by atoms with Crippen LogP contribution in [0.2, 0.25) is 0 Å². The van der Waals surface area contributed by atoms with Gasteiger partial charge in [0.2, 0.25) is 0 Å². The SMILES string of the molecule is CC[C@H](C)n1cc(/C=C2/SC(=O)N(CCOC)C2=O)c2ccccc21. The summed E-state index contributed by atoms with van der Waals surface area (Å²) in [5.74, 6) is -0.243. The molecule has 2 heterocycles. The predicted octanol–water partition coefficient (Wildman–Crippen LogP) is 4.30. The lowest BCUT2D eigenvalue weighted by Gasteiger charge is -2.12. The van der Waals surface area contributed by atoms with Gasteiger partial charge in [-0.3, -0.25) is 14.5 Å². The molecule has 0 aliphatic carbocycles. The maximum atomic E-state index is 12.5. The van der Waals surface area contributed by atoms with Crippen LogP contribution in [0.4, 0.5) is 4.79 Å². The molecule has 132 valence electrons. The predicted molar refractivity (Wildman–Crippen MR) is 101 cm³/mol. The van der Waals surface area contributed by atoms with Crippen LogP contribution in [0.25, 0.3) is 17.0 Å². The number of amides is 2. The number of ether oxygens (including phenoxy) is 1. The Bertz CT molecular complexity index is 840. The molecule has 1 aliphatic rings. The molecule has 1 atom stereocenters. The number of aromatic nitrogens is 1. The van der Waals surface area contributed by atoms with Crippen molar-refractivity contribution in [3.8, 4) is 0 Å². The standard InChI is InChI=1S/C19H22N2O3S/c1-4-13(2)21-12-14(15-7-5-6-8-16(15)21)11-17-18(22)20(9-10-24-3)19(23)25-17/h5-8,11-13H,4,9-10H2,1-3H3/b17-11+/t13-/m0/s1. The molecule has 2 amide bonds. The zero-order chi connectivity index (χ0) is 18.0. The summed E-state index contributed by atoms with van der Waals surface area (Å²) in [7, 11) is 1.55. The van der Waals surface area contributed by atoms with Crippen LogP contribution in [-0.2, 0) is 9.53 Å². The lowest BCUT2D eigenvalue weighted by atomic mass is 10.1. The van der Waals surface area contributed by atoms with Crippen molar-refractivity contribution in [3.63, 3.8) is 0 Å². The smallest absolute Gasteiger partial charge is 0.293 e. The third-order valence-corrected chi connectivity index (χ3v) is 5.42. The summed E-state index contributed by atoms with van der Waals surface area (Å²) in [5.41, 5.74) is 2.11. The lowest BCUT2D eigenvalue weighted by Crippen LogP contribution is -2.31. The van der Waals surface area contributed by atoms with Crippen molar-refractivity contribution < 1.29 is 14.3 Å². The maximum absolute atomic E-state index is 12.5. The van der Waals surface area contributed by atoms with Crippen molar-refractivity contribution in [2.24, 2.45) is 0 Å². The zero-order valence-corrected chi connectivity index (χ0v) is 15.5. The topological polar surface area (TPSA) is 51.5 Å². The minimum atomic E-state index is -0.243. The first-order chi connectivity index (χ1) is 12.1. The Morgan fingerprint density at radius 2 is 2.04 bits per heavy atom. The molecule has 1 aromatic carbocycles. The van der Waals surface area contributed by atoms with E-state index in [-0.39, 0.29) is 17.7 Å². The van der Waals surface area contributed by atoms with E-state index < -0.39 is 0 Å². The van der Waals surface area contributed by atoms with Crippen LogP contribution in [0.15, 0.2) is 35.4 Å². The highest BCUT2D eigenvalue weighted by Gasteiger charge is 2.34. The molecule has 3 rings (SSSR count). The van der Waals surface area contributed by atoms with Gasteiger partial charge in [0.15, 0.2) is 0 Å². The summed E-state index contributed by atoms with van der Waals surface area (Å²) in [4.78, 5) is 26.3. The van der Waals surface area contributed by atoms with E-state index in [1.165, 1.54) is 4.90 Å². The quantitative estimate of drug-likeness (QED) is 0.723. The van der Waals surface area contributed by atoms with E-state index in [0.717, 1.165) is 34.6 Å². The highest BCUT2D eigenvalue weighted by Crippen LogP contribution is 2.34. The third kappa shape index (κ3) is 3.37. The van der Waals surface area contributed by atoms with Gasteiger partial charge in [0.05, 0.1) is 18.1 Å². The summed E-state index contributed by atoms with van der Waals surface area (Å²) in [6.07, 6.45) is 4.92. The van der Waals surface area contributed by atoms with E-state index in [1.54, 1.807) is 7.11 Å². The summed E-state index contributed by atoms with van der Waals surface area (Å²) in [6, 6.07) is 8.51. The van der Waals surface area contributed by atoms with E-state index in [2.05, 4.69) is 36.7 Å². The van der Waals surface area contributed by atoms with Crippen molar-refractivity contribution >= 4 is 39.9 Å². The van der Waals surface area contributed by atoms with Crippen LogP contribution >= 0.6 is 11.8 Å². The van der Waals surface area contributed by atoms with Crippen molar-refractivity contribution in [1.82, 2.24) is 9.47 Å². The van der Waals surface area contributed by atoms with Crippen LogP contribution in [0, 0.1) is 0 Å². The van der Waals surface area contributed by atoms with Gasteiger partial charge < -0.3 is 9.30 Å². The van der Waals surface area contributed by atoms with E-state index in [4.69, 9.17) is 4.74 Å². The normalized spacial score (nSPS) is 17.9. The van der Waals surface area contributed by atoms with Gasteiger partial charge in [-0.1, -0.05) is 25.1 Å². The molecule has 0 spiro atoms. The molecule has 1 aliphatic heterocycles. The van der Waals surface area contributed by atoms with Gasteiger partial charge in [-0.2, -0.15) is 0 Å². The molecule has 1 fully saturated rings. The molecule has 25 heavy (non-hydrogen) atoms. The number of hydrogen-bond donors (Lipinski definition) is 0. The number of rotatable bonds is 6. The molecule has 1 aromatic heterocycles. The van der Waals surface area contributed by atoms with Gasteiger partial charge >= 0.3 is 0 Å². The van der Waals surface area contributed by atoms with Gasteiger partial charge in [-0.25, -0.2) is 0 Å². The van der Waals surface area contributed by atoms with Crippen LogP contribution in [0.1, 0.15) is 31.9 Å². The maximum Gasteiger partial charge on any atom is 0.293 e. The van der Waals surface area contributed by atoms with E-state index in [9.17, 15) is 9.59 Å². The molecule has 0 N–H and O–H groups in total. The van der Waals surface area contributed by atoms with E-state index in [1.807, 2.05) is 18.2 Å². The van der Waals surface area contributed by atoms with Crippen molar-refractivity contribution in [1.29, 1.82) is 0 Å². The highest BCUT2D eigenvalue weighted by molar-refractivity contribution is 8.18. The average Bonchev–Trinajstić information content (AvgIpc) is 3.11. The number of carbonyl (C=O) groups is 2. The second-order valence-electron chi connectivity index (χ2n) is 6.09. The number of hydrogen-bond acceptors (Lipinski definition) is 4. The third-order valence-electron chi connectivity index (χ3n) is 4.52. The molecule has 0 saturated carbocycles. The number of benzene rings is 1. The van der Waals surface area contributed by atoms with Crippen molar-refractivity contribution in [3.05, 3.63) is 40.9 Å². The number of carbonyl (C=O) groups excluding carboxylic acids is 2. The number of imide groups is 1. The first-order valence-corrected chi connectivity index (χ1v) is 9.22. The van der Waals surface area contributed by atoms with Crippen LogP contribution in [0.5, 0.6) is 0 Å². The molecule has 2 aromatic rings. The molecular formula is C19H22N2O3S. The van der Waals surface area contributed by atoms with Gasteiger partial charge in [0, 0.05) is 35.8 Å². The van der Waals surface area contributed by atoms with E-state index >= 15 is 0 Å². The van der Waals surface area contributed by atoms with Gasteiger partial charge in [-0.15, -0.1) is 0 Å². The second kappa shape index (κ2) is 7.45. The lowest BCUT2D eigenvalue weighted by molar-refractivity contribution is -0.123. The molecular weight excluding hydrogens is 336 g/mol. The summed E-state index contributed by atoms with van der Waals surface area (Å²) >= 11 is 0.993. The number of thioether (sulfide) groups is 1. The average molecular weight is 358 g/mol. The Morgan fingerprint density at radius 1 is 1.28 bits per heavy atom. The second-order valence-corrected chi connectivity index (χ2v) is 7.09. The molecule has 0 unspecified atom stereocenters. The highest BCUT2D eigenvalue weighted by atomic mass is 32.2. The summed E-state index contributed by atoms with van der Waals surface area (Å²) in [6.45, 7) is 4.96. The zero-order valence-electron chi connectivity index (χ0n) is 14.7. The summed E-state index contributed by atoms with van der Waals surface area (Å²) < 4.78 is 7.21. The summed E-state index contributed by atoms with van der Waals surface area (Å²) in [5, 5.41) is 0.852. The van der Waals surface area contributed by atoms with Gasteiger partial charge in [0.25, 0.3) is 11.1 Å². The molecule has 5 nitrogen and oxygen atoms in total. The Morgan fingerprint density at radius 3 is 2.76 bits per heavy atom. The first-order valence-electron chi connectivity index (χ1n) is 8.40. The first kappa shape index (κ1) is 17.8. The van der Waals surface area contributed by atoms with Gasteiger partial charge in [-0.05, 0) is 37.2 Å². The molecule has 0 radical (unpaired) electrons. The molecule has 6 heteroatoms. The van der Waals surface area contributed by atoms with Crippen LogP contribution < -0.4 is 0 Å². The minimum absolute atomic E-state index is 0.237. The Hall–Kier alpha value is -2.05. The van der Waals surface area contributed by atoms with Crippen molar-refractivity contribution in [2.45, 2.75) is 26.3 Å². The monoisotopic (exact) mass is 358 g/mol. The van der Waals surface area contributed by atoms with Gasteiger partial charge in [0.1, 0.15) is 0 Å². The fourth-order valence-electron chi connectivity index (χ4n) is 2.92. The number of nitrogens with zero attached hydrogens (tertiary/aromatic N) is 2. The Balaban J connectivity index is 1.99. The minimum Gasteiger partial charge on any atom is -0.383 e. The van der Waals surface area contributed by atoms with Crippen LogP contribution in [0.3, 0.4) is 0 Å².